The van der Waals surface area contributed by atoms with Crippen molar-refractivity contribution in [1.82, 2.24) is 10.3 Å². The zero-order valence-electron chi connectivity index (χ0n) is 13.2. The number of ether oxygens (including phenoxy) is 1. The Kier molecular flexibility index (Phi) is 4.77. The Labute approximate surface area is 144 Å². The molecule has 0 radical (unpaired) electrons. The summed E-state index contributed by atoms with van der Waals surface area (Å²) >= 11 is 1.19. The molecule has 3 N–H and O–H groups in total. The summed E-state index contributed by atoms with van der Waals surface area (Å²) in [6.45, 7) is 0.425. The Morgan fingerprint density at radius 2 is 1.88 bits per heavy atom. The Bertz CT molecular complexity index is 829. The number of methoxy groups -OCH3 is 1. The van der Waals surface area contributed by atoms with Crippen molar-refractivity contribution >= 4 is 22.4 Å². The van der Waals surface area contributed by atoms with Crippen LogP contribution in [0.25, 0.3) is 11.3 Å². The summed E-state index contributed by atoms with van der Waals surface area (Å²) < 4.78 is 5.12. The van der Waals surface area contributed by atoms with Crippen molar-refractivity contribution in [2.24, 2.45) is 0 Å². The van der Waals surface area contributed by atoms with Gasteiger partial charge in [-0.15, -0.1) is 0 Å². The molecule has 6 heteroatoms. The summed E-state index contributed by atoms with van der Waals surface area (Å²) in [5, 5.41) is 3.29. The molecule has 5 nitrogen and oxygen atoms in total. The number of nitrogen functional groups attached to an aromatic ring is 1. The second-order valence-electron chi connectivity index (χ2n) is 5.13. The maximum absolute atomic E-state index is 12.5. The first-order valence-electron chi connectivity index (χ1n) is 7.40. The topological polar surface area (TPSA) is 77.2 Å². The summed E-state index contributed by atoms with van der Waals surface area (Å²) in [7, 11) is 1.62. The third kappa shape index (κ3) is 3.55. The maximum atomic E-state index is 12.5. The number of thiazole rings is 1. The number of hydrogen-bond donors (Lipinski definition) is 2. The summed E-state index contributed by atoms with van der Waals surface area (Å²) in [6, 6.07) is 17.1. The summed E-state index contributed by atoms with van der Waals surface area (Å²) in [4.78, 5) is 17.3. The van der Waals surface area contributed by atoms with Gasteiger partial charge in [-0.2, -0.15) is 0 Å². The van der Waals surface area contributed by atoms with Crippen LogP contribution in [-0.4, -0.2) is 18.0 Å². The zero-order valence-corrected chi connectivity index (χ0v) is 14.0. The molecule has 122 valence electrons. The quantitative estimate of drug-likeness (QED) is 0.747. The highest BCUT2D eigenvalue weighted by Gasteiger charge is 2.18. The summed E-state index contributed by atoms with van der Waals surface area (Å²) in [5.74, 6) is 0.602. The fourth-order valence-corrected chi connectivity index (χ4v) is 3.06. The number of benzene rings is 2. The normalized spacial score (nSPS) is 10.4. The van der Waals surface area contributed by atoms with Crippen LogP contribution in [0.5, 0.6) is 5.75 Å². The molecule has 3 aromatic rings. The first-order chi connectivity index (χ1) is 11.7. The minimum absolute atomic E-state index is 0.182. The van der Waals surface area contributed by atoms with Crippen LogP contribution >= 0.6 is 11.3 Å². The number of nitrogens with two attached hydrogens (primary N) is 1. The number of nitrogens with one attached hydrogen (secondary N) is 1. The number of aromatic nitrogens is 1. The van der Waals surface area contributed by atoms with Crippen LogP contribution in [-0.2, 0) is 6.54 Å². The second-order valence-corrected chi connectivity index (χ2v) is 6.16. The van der Waals surface area contributed by atoms with Crippen LogP contribution in [0.2, 0.25) is 0 Å². The number of nitrogens with zero attached hydrogens (tertiary/aromatic N) is 1. The third-order valence-electron chi connectivity index (χ3n) is 3.51. The number of amides is 1. The van der Waals surface area contributed by atoms with Crippen LogP contribution in [0.1, 0.15) is 15.2 Å². The highest BCUT2D eigenvalue weighted by Crippen LogP contribution is 2.29. The van der Waals surface area contributed by atoms with E-state index in [4.69, 9.17) is 10.5 Å². The van der Waals surface area contributed by atoms with E-state index in [9.17, 15) is 4.79 Å². The molecule has 0 saturated heterocycles. The molecule has 0 spiro atoms. The number of anilines is 1. The van der Waals surface area contributed by atoms with E-state index in [2.05, 4.69) is 10.3 Å². The third-order valence-corrected chi connectivity index (χ3v) is 4.39. The fraction of sp³-hybridized carbons (Fsp3) is 0.111. The van der Waals surface area contributed by atoms with E-state index in [0.29, 0.717) is 22.2 Å². The van der Waals surface area contributed by atoms with Crippen molar-refractivity contribution in [2.75, 3.05) is 12.8 Å². The van der Waals surface area contributed by atoms with Gasteiger partial charge in [-0.1, -0.05) is 53.8 Å². The van der Waals surface area contributed by atoms with Gasteiger partial charge in [0, 0.05) is 12.1 Å². The van der Waals surface area contributed by atoms with Gasteiger partial charge in [0.25, 0.3) is 5.91 Å². The molecule has 0 saturated carbocycles. The van der Waals surface area contributed by atoms with E-state index >= 15 is 0 Å². The molecular formula is C18H17N3O2S. The van der Waals surface area contributed by atoms with Gasteiger partial charge in [0.2, 0.25) is 0 Å². The summed E-state index contributed by atoms with van der Waals surface area (Å²) in [5.41, 5.74) is 8.29. The molecule has 0 aliphatic rings. The van der Waals surface area contributed by atoms with E-state index in [-0.39, 0.29) is 5.91 Å². The van der Waals surface area contributed by atoms with E-state index in [1.807, 2.05) is 54.6 Å². The number of carbonyl (C=O) groups excluding carboxylic acids is 1. The molecule has 0 fully saturated rings. The van der Waals surface area contributed by atoms with Crippen LogP contribution in [0.3, 0.4) is 0 Å². The SMILES string of the molecule is COc1ccc(CNC(=O)c2sc(N)nc2-c2ccccc2)cc1. The van der Waals surface area contributed by atoms with Crippen LogP contribution in [0.15, 0.2) is 54.6 Å². The Hall–Kier alpha value is -2.86. The van der Waals surface area contributed by atoms with Crippen LogP contribution in [0.4, 0.5) is 5.13 Å². The lowest BCUT2D eigenvalue weighted by atomic mass is 10.1. The zero-order chi connectivity index (χ0) is 16.9. The first kappa shape index (κ1) is 16.0. The molecule has 1 amide bonds. The minimum Gasteiger partial charge on any atom is -0.497 e. The highest BCUT2D eigenvalue weighted by molar-refractivity contribution is 7.17. The van der Waals surface area contributed by atoms with Gasteiger partial charge < -0.3 is 15.8 Å². The van der Waals surface area contributed by atoms with Gasteiger partial charge in [0.15, 0.2) is 5.13 Å². The van der Waals surface area contributed by atoms with Crippen molar-refractivity contribution < 1.29 is 9.53 Å². The van der Waals surface area contributed by atoms with Crippen LogP contribution in [0, 0.1) is 0 Å². The van der Waals surface area contributed by atoms with Crippen molar-refractivity contribution in [3.63, 3.8) is 0 Å². The van der Waals surface area contributed by atoms with Crippen molar-refractivity contribution in [1.29, 1.82) is 0 Å². The Morgan fingerprint density at radius 1 is 1.17 bits per heavy atom. The molecule has 1 heterocycles. The second kappa shape index (κ2) is 7.14. The molecule has 0 atom stereocenters. The average molecular weight is 339 g/mol. The lowest BCUT2D eigenvalue weighted by Gasteiger charge is -2.06. The van der Waals surface area contributed by atoms with Crippen molar-refractivity contribution in [3.05, 3.63) is 65.0 Å². The fourth-order valence-electron chi connectivity index (χ4n) is 2.29. The van der Waals surface area contributed by atoms with Gasteiger partial charge in [-0.05, 0) is 17.7 Å². The van der Waals surface area contributed by atoms with E-state index in [1.165, 1.54) is 11.3 Å². The molecule has 2 aromatic carbocycles. The van der Waals surface area contributed by atoms with Crippen molar-refractivity contribution in [3.8, 4) is 17.0 Å². The predicted octanol–water partition coefficient (Wildman–Crippen LogP) is 3.33. The van der Waals surface area contributed by atoms with E-state index < -0.39 is 0 Å². The van der Waals surface area contributed by atoms with E-state index in [0.717, 1.165) is 16.9 Å². The molecule has 0 bridgehead atoms. The molecule has 3 rings (SSSR count). The molecule has 1 aromatic heterocycles. The van der Waals surface area contributed by atoms with Gasteiger partial charge in [0.05, 0.1) is 12.8 Å². The van der Waals surface area contributed by atoms with Gasteiger partial charge >= 0.3 is 0 Å². The van der Waals surface area contributed by atoms with Crippen molar-refractivity contribution in [2.45, 2.75) is 6.54 Å². The maximum Gasteiger partial charge on any atom is 0.264 e. The minimum atomic E-state index is -0.182. The lowest BCUT2D eigenvalue weighted by molar-refractivity contribution is 0.0955. The number of hydrogen-bond acceptors (Lipinski definition) is 5. The number of rotatable bonds is 5. The molecular weight excluding hydrogens is 322 g/mol. The van der Waals surface area contributed by atoms with Gasteiger partial charge in [-0.3, -0.25) is 4.79 Å². The smallest absolute Gasteiger partial charge is 0.264 e. The molecule has 24 heavy (non-hydrogen) atoms. The molecule has 0 aliphatic carbocycles. The largest absolute Gasteiger partial charge is 0.497 e. The number of carbonyl (C=O) groups is 1. The molecule has 0 unspecified atom stereocenters. The highest BCUT2D eigenvalue weighted by atomic mass is 32.1. The Balaban J connectivity index is 1.75. The first-order valence-corrected chi connectivity index (χ1v) is 8.22. The van der Waals surface area contributed by atoms with E-state index in [1.54, 1.807) is 7.11 Å². The van der Waals surface area contributed by atoms with Gasteiger partial charge in [-0.25, -0.2) is 4.98 Å². The average Bonchev–Trinajstić information content (AvgIpc) is 3.03. The van der Waals surface area contributed by atoms with Gasteiger partial charge in [0.1, 0.15) is 10.6 Å². The molecule has 0 aliphatic heterocycles. The predicted molar refractivity (Wildman–Crippen MR) is 96.1 cm³/mol. The monoisotopic (exact) mass is 339 g/mol. The standard InChI is InChI=1S/C18H17N3O2S/c1-23-14-9-7-12(8-10-14)11-20-17(22)16-15(21-18(19)24-16)13-5-3-2-4-6-13/h2-10H,11H2,1H3,(H2,19,21)(H,20,22). The lowest BCUT2D eigenvalue weighted by Crippen LogP contribution is -2.22. The van der Waals surface area contributed by atoms with Crippen LogP contribution < -0.4 is 15.8 Å². The Morgan fingerprint density at radius 3 is 2.54 bits per heavy atom. The summed E-state index contributed by atoms with van der Waals surface area (Å²) in [6.07, 6.45) is 0.